The van der Waals surface area contributed by atoms with Gasteiger partial charge in [0.1, 0.15) is 10.1 Å². The summed E-state index contributed by atoms with van der Waals surface area (Å²) in [6, 6.07) is 13.6. The molecule has 0 saturated carbocycles. The number of ether oxygens (including phenoxy) is 3. The van der Waals surface area contributed by atoms with E-state index in [4.69, 9.17) is 26.4 Å². The van der Waals surface area contributed by atoms with Crippen molar-refractivity contribution in [2.75, 3.05) is 26.4 Å². The summed E-state index contributed by atoms with van der Waals surface area (Å²) < 4.78 is 18.0. The number of hydrogen-bond acceptors (Lipinski definition) is 6. The van der Waals surface area contributed by atoms with Crippen molar-refractivity contribution < 1.29 is 19.0 Å². The van der Waals surface area contributed by atoms with Gasteiger partial charge in [-0.05, 0) is 55.3 Å². The lowest BCUT2D eigenvalue weighted by Gasteiger charge is -2.13. The highest BCUT2D eigenvalue weighted by Gasteiger charge is 2.31. The van der Waals surface area contributed by atoms with Crippen molar-refractivity contribution in [3.8, 4) is 17.2 Å². The molecule has 2 aromatic rings. The molecule has 3 rings (SSSR count). The average molecular weight is 470 g/mol. The van der Waals surface area contributed by atoms with Crippen molar-refractivity contribution in [2.45, 2.75) is 20.3 Å². The summed E-state index contributed by atoms with van der Waals surface area (Å²) in [6.07, 6.45) is 4.23. The Morgan fingerprint density at radius 2 is 1.91 bits per heavy atom. The van der Waals surface area contributed by atoms with Gasteiger partial charge in [0.25, 0.3) is 5.91 Å². The van der Waals surface area contributed by atoms with Gasteiger partial charge in [0.15, 0.2) is 11.5 Å². The molecule has 7 heteroatoms. The molecule has 0 N–H and O–H groups in total. The molecule has 0 unspecified atom stereocenters. The maximum atomic E-state index is 12.5. The number of carbonyl (C=O) groups is 1. The standard InChI is InChI=1S/C25H27NO4S2/c1-4-12-26-24(27)23(32-25(26)31)17-19-10-11-21(22(16-19)28-5-2)30-14-7-13-29-20-9-6-8-18(3)15-20/h4,6,8-11,15-17H,1,5,7,12-14H2,2-3H3. The first kappa shape index (κ1) is 23.9. The van der Waals surface area contributed by atoms with Gasteiger partial charge in [-0.1, -0.05) is 48.3 Å². The fraction of sp³-hybridized carbons (Fsp3) is 0.280. The second kappa shape index (κ2) is 11.7. The summed E-state index contributed by atoms with van der Waals surface area (Å²) >= 11 is 6.59. The van der Waals surface area contributed by atoms with Gasteiger partial charge in [0, 0.05) is 13.0 Å². The van der Waals surface area contributed by atoms with Crippen molar-refractivity contribution >= 4 is 40.3 Å². The first-order valence-corrected chi connectivity index (χ1v) is 11.7. The van der Waals surface area contributed by atoms with Crippen molar-refractivity contribution in [2.24, 2.45) is 0 Å². The maximum absolute atomic E-state index is 12.5. The monoisotopic (exact) mass is 469 g/mol. The van der Waals surface area contributed by atoms with Gasteiger partial charge in [-0.2, -0.15) is 0 Å². The summed E-state index contributed by atoms with van der Waals surface area (Å²) in [4.78, 5) is 14.7. The van der Waals surface area contributed by atoms with Crippen LogP contribution in [-0.4, -0.2) is 41.5 Å². The third-order valence-electron chi connectivity index (χ3n) is 4.56. The van der Waals surface area contributed by atoms with Crippen LogP contribution in [0.15, 0.2) is 60.0 Å². The van der Waals surface area contributed by atoms with Crippen LogP contribution in [-0.2, 0) is 4.79 Å². The highest BCUT2D eigenvalue weighted by Crippen LogP contribution is 2.34. The molecule has 0 aromatic heterocycles. The van der Waals surface area contributed by atoms with Crippen molar-refractivity contribution in [3.63, 3.8) is 0 Å². The van der Waals surface area contributed by atoms with E-state index in [1.807, 2.05) is 62.4 Å². The molecular formula is C25H27NO4S2. The molecule has 1 saturated heterocycles. The van der Waals surface area contributed by atoms with Crippen molar-refractivity contribution in [3.05, 3.63) is 71.2 Å². The zero-order chi connectivity index (χ0) is 22.9. The Labute approximate surface area is 199 Å². The molecule has 5 nitrogen and oxygen atoms in total. The van der Waals surface area contributed by atoms with Gasteiger partial charge >= 0.3 is 0 Å². The van der Waals surface area contributed by atoms with E-state index in [2.05, 4.69) is 6.58 Å². The molecule has 0 atom stereocenters. The molecule has 0 spiro atoms. The highest BCUT2D eigenvalue weighted by molar-refractivity contribution is 8.26. The van der Waals surface area contributed by atoms with E-state index in [1.165, 1.54) is 17.3 Å². The first-order chi connectivity index (χ1) is 15.5. The second-order valence-electron chi connectivity index (χ2n) is 7.09. The Morgan fingerprint density at radius 3 is 2.66 bits per heavy atom. The fourth-order valence-corrected chi connectivity index (χ4v) is 4.35. The topological polar surface area (TPSA) is 48.0 Å². The first-order valence-electron chi connectivity index (χ1n) is 10.5. The zero-order valence-corrected chi connectivity index (χ0v) is 20.0. The Bertz CT molecular complexity index is 1020. The van der Waals surface area contributed by atoms with Crippen LogP contribution < -0.4 is 14.2 Å². The van der Waals surface area contributed by atoms with Gasteiger partial charge in [-0.15, -0.1) is 6.58 Å². The van der Waals surface area contributed by atoms with E-state index >= 15 is 0 Å². The molecule has 1 amide bonds. The normalized spacial score (nSPS) is 14.7. The number of aryl methyl sites for hydroxylation is 1. The Kier molecular flexibility index (Phi) is 8.76. The number of amides is 1. The van der Waals surface area contributed by atoms with Crippen LogP contribution in [0.1, 0.15) is 24.5 Å². The van der Waals surface area contributed by atoms with Crippen molar-refractivity contribution in [1.82, 2.24) is 4.90 Å². The van der Waals surface area contributed by atoms with E-state index in [1.54, 1.807) is 11.0 Å². The number of nitrogens with zero attached hydrogens (tertiary/aromatic N) is 1. The molecule has 0 bridgehead atoms. The number of thioether (sulfide) groups is 1. The third kappa shape index (κ3) is 6.37. The SMILES string of the molecule is C=CCN1C(=O)C(=Cc2ccc(OCCCOc3cccc(C)c3)c(OCC)c2)SC1=S. The van der Waals surface area contributed by atoms with E-state index in [0.717, 1.165) is 17.7 Å². The van der Waals surface area contributed by atoms with Gasteiger partial charge in [-0.25, -0.2) is 0 Å². The maximum Gasteiger partial charge on any atom is 0.266 e. The summed E-state index contributed by atoms with van der Waals surface area (Å²) in [5.74, 6) is 2.07. The van der Waals surface area contributed by atoms with E-state index < -0.39 is 0 Å². The van der Waals surface area contributed by atoms with Gasteiger partial charge in [0.05, 0.1) is 24.7 Å². The molecule has 1 aliphatic rings. The van der Waals surface area contributed by atoms with E-state index in [0.29, 0.717) is 47.1 Å². The minimum absolute atomic E-state index is 0.105. The quantitative estimate of drug-likeness (QED) is 0.184. The van der Waals surface area contributed by atoms with Crippen LogP contribution in [0.3, 0.4) is 0 Å². The molecule has 0 radical (unpaired) electrons. The van der Waals surface area contributed by atoms with Crippen LogP contribution in [0.2, 0.25) is 0 Å². The second-order valence-corrected chi connectivity index (χ2v) is 8.76. The molecule has 1 fully saturated rings. The Balaban J connectivity index is 1.60. The molecule has 0 aliphatic carbocycles. The number of benzene rings is 2. The molecule has 168 valence electrons. The summed E-state index contributed by atoms with van der Waals surface area (Å²) in [6.45, 7) is 9.63. The van der Waals surface area contributed by atoms with Crippen LogP contribution in [0, 0.1) is 6.92 Å². The molecule has 32 heavy (non-hydrogen) atoms. The van der Waals surface area contributed by atoms with Crippen LogP contribution in [0.4, 0.5) is 0 Å². The minimum Gasteiger partial charge on any atom is -0.493 e. The van der Waals surface area contributed by atoms with Gasteiger partial charge in [0.2, 0.25) is 0 Å². The zero-order valence-electron chi connectivity index (χ0n) is 18.3. The Hall–Kier alpha value is -2.77. The summed E-state index contributed by atoms with van der Waals surface area (Å²) in [5, 5.41) is 0. The molecule has 2 aromatic carbocycles. The minimum atomic E-state index is -0.105. The number of hydrogen-bond donors (Lipinski definition) is 0. The van der Waals surface area contributed by atoms with Crippen LogP contribution in [0.5, 0.6) is 17.2 Å². The summed E-state index contributed by atoms with van der Waals surface area (Å²) in [7, 11) is 0. The molecule has 1 aliphatic heterocycles. The number of thiocarbonyl (C=S) groups is 1. The number of carbonyl (C=O) groups excluding carboxylic acids is 1. The number of rotatable bonds is 11. The lowest BCUT2D eigenvalue weighted by molar-refractivity contribution is -0.121. The van der Waals surface area contributed by atoms with Crippen LogP contribution in [0.25, 0.3) is 6.08 Å². The lowest BCUT2D eigenvalue weighted by Crippen LogP contribution is -2.27. The fourth-order valence-electron chi connectivity index (χ4n) is 3.08. The lowest BCUT2D eigenvalue weighted by atomic mass is 10.2. The predicted molar refractivity (Wildman–Crippen MR) is 134 cm³/mol. The van der Waals surface area contributed by atoms with Gasteiger partial charge in [-0.3, -0.25) is 9.69 Å². The predicted octanol–water partition coefficient (Wildman–Crippen LogP) is 5.63. The average Bonchev–Trinajstić information content (AvgIpc) is 3.03. The summed E-state index contributed by atoms with van der Waals surface area (Å²) in [5.41, 5.74) is 2.02. The largest absolute Gasteiger partial charge is 0.493 e. The Morgan fingerprint density at radius 1 is 1.09 bits per heavy atom. The van der Waals surface area contributed by atoms with E-state index in [-0.39, 0.29) is 5.91 Å². The van der Waals surface area contributed by atoms with Gasteiger partial charge < -0.3 is 14.2 Å². The highest BCUT2D eigenvalue weighted by atomic mass is 32.2. The van der Waals surface area contributed by atoms with E-state index in [9.17, 15) is 4.79 Å². The van der Waals surface area contributed by atoms with Crippen LogP contribution >= 0.6 is 24.0 Å². The van der Waals surface area contributed by atoms with Crippen molar-refractivity contribution in [1.29, 1.82) is 0 Å². The smallest absolute Gasteiger partial charge is 0.266 e. The molecule has 1 heterocycles. The molecular weight excluding hydrogens is 442 g/mol. The third-order valence-corrected chi connectivity index (χ3v) is 5.93.